The van der Waals surface area contributed by atoms with Crippen molar-refractivity contribution < 1.29 is 19.0 Å². The van der Waals surface area contributed by atoms with Gasteiger partial charge in [-0.1, -0.05) is 12.8 Å². The number of carbonyl (C=O) groups excluding carboxylic acids is 1. The van der Waals surface area contributed by atoms with Gasteiger partial charge in [0.25, 0.3) is 5.91 Å². The summed E-state index contributed by atoms with van der Waals surface area (Å²) in [5.41, 5.74) is 4.23. The van der Waals surface area contributed by atoms with Crippen LogP contribution in [-0.2, 0) is 26.4 Å². The average Bonchev–Trinajstić information content (AvgIpc) is 3.51. The van der Waals surface area contributed by atoms with E-state index < -0.39 is 0 Å². The number of nitrogens with zero attached hydrogens (tertiary/aromatic N) is 3. The number of rotatable bonds is 7. The van der Waals surface area contributed by atoms with Crippen LogP contribution in [0, 0.1) is 0 Å². The van der Waals surface area contributed by atoms with Crippen LogP contribution in [0.3, 0.4) is 0 Å². The zero-order valence-electron chi connectivity index (χ0n) is 18.4. The monoisotopic (exact) mass is 413 g/mol. The van der Waals surface area contributed by atoms with Crippen LogP contribution in [0.25, 0.3) is 0 Å². The van der Waals surface area contributed by atoms with Crippen molar-refractivity contribution in [3.8, 4) is 17.2 Å². The number of aromatic nitrogens is 2. The van der Waals surface area contributed by atoms with E-state index in [0.29, 0.717) is 29.4 Å². The Balaban J connectivity index is 1.70. The van der Waals surface area contributed by atoms with Gasteiger partial charge in [0.15, 0.2) is 11.5 Å². The number of hydrogen-bond donors (Lipinski definition) is 0. The van der Waals surface area contributed by atoms with Gasteiger partial charge in [0.1, 0.15) is 0 Å². The lowest BCUT2D eigenvalue weighted by Gasteiger charge is -2.29. The van der Waals surface area contributed by atoms with Gasteiger partial charge in [-0.3, -0.25) is 9.48 Å². The number of amides is 1. The summed E-state index contributed by atoms with van der Waals surface area (Å²) in [6.07, 6.45) is 7.67. The Bertz CT molecular complexity index is 906. The maximum Gasteiger partial charge on any atom is 0.254 e. The Kier molecular flexibility index (Phi) is 5.88. The maximum atomic E-state index is 13.7. The topological polar surface area (TPSA) is 65.8 Å². The largest absolute Gasteiger partial charge is 0.493 e. The zero-order chi connectivity index (χ0) is 21.3. The molecular formula is C23H31N3O4. The lowest BCUT2D eigenvalue weighted by atomic mass is 10.1. The van der Waals surface area contributed by atoms with Crippen LogP contribution < -0.4 is 14.2 Å². The molecule has 1 aromatic heterocycles. The Labute approximate surface area is 177 Å². The summed E-state index contributed by atoms with van der Waals surface area (Å²) in [6.45, 7) is 0.545. The van der Waals surface area contributed by atoms with E-state index in [1.807, 2.05) is 16.6 Å². The quantitative estimate of drug-likeness (QED) is 0.695. The number of benzene rings is 1. The zero-order valence-corrected chi connectivity index (χ0v) is 18.4. The number of ether oxygens (including phenoxy) is 3. The molecule has 2 aliphatic rings. The molecule has 0 unspecified atom stereocenters. The summed E-state index contributed by atoms with van der Waals surface area (Å²) in [6, 6.07) is 3.72. The molecule has 162 valence electrons. The summed E-state index contributed by atoms with van der Waals surface area (Å²) in [5, 5.41) is 4.77. The van der Waals surface area contributed by atoms with E-state index in [1.165, 1.54) is 11.3 Å². The Morgan fingerprint density at radius 2 is 1.73 bits per heavy atom. The van der Waals surface area contributed by atoms with Crippen molar-refractivity contribution in [3.63, 3.8) is 0 Å². The van der Waals surface area contributed by atoms with Crippen molar-refractivity contribution in [2.75, 3.05) is 21.3 Å². The van der Waals surface area contributed by atoms with Crippen molar-refractivity contribution in [3.05, 3.63) is 34.6 Å². The highest BCUT2D eigenvalue weighted by Crippen LogP contribution is 2.39. The van der Waals surface area contributed by atoms with Gasteiger partial charge in [0.05, 0.1) is 33.6 Å². The summed E-state index contributed by atoms with van der Waals surface area (Å²) in [7, 11) is 6.71. The first-order valence-corrected chi connectivity index (χ1v) is 10.7. The predicted octanol–water partition coefficient (Wildman–Crippen LogP) is 3.52. The van der Waals surface area contributed by atoms with Crippen LogP contribution in [0.4, 0.5) is 0 Å². The van der Waals surface area contributed by atoms with Gasteiger partial charge in [0.2, 0.25) is 5.75 Å². The number of fused-ring (bicyclic) bond motifs is 1. The second-order valence-corrected chi connectivity index (χ2v) is 8.13. The number of hydrogen-bond acceptors (Lipinski definition) is 5. The molecule has 0 spiro atoms. The van der Waals surface area contributed by atoms with Gasteiger partial charge in [0, 0.05) is 24.3 Å². The molecule has 1 fully saturated rings. The van der Waals surface area contributed by atoms with Crippen molar-refractivity contribution in [1.29, 1.82) is 0 Å². The minimum atomic E-state index is -0.0152. The van der Waals surface area contributed by atoms with Crippen LogP contribution in [0.5, 0.6) is 17.2 Å². The lowest BCUT2D eigenvalue weighted by Crippen LogP contribution is -2.38. The number of carbonyl (C=O) groups is 1. The molecule has 7 heteroatoms. The van der Waals surface area contributed by atoms with Gasteiger partial charge in [-0.15, -0.1) is 0 Å². The molecule has 0 N–H and O–H groups in total. The summed E-state index contributed by atoms with van der Waals surface area (Å²) in [5.74, 6) is 1.46. The number of methoxy groups -OCH3 is 3. The van der Waals surface area contributed by atoms with Crippen LogP contribution in [-0.4, -0.2) is 48.0 Å². The molecule has 2 aromatic rings. The molecule has 0 atom stereocenters. The first-order valence-electron chi connectivity index (χ1n) is 10.7. The first kappa shape index (κ1) is 20.6. The van der Waals surface area contributed by atoms with Crippen molar-refractivity contribution in [2.45, 2.75) is 57.5 Å². The van der Waals surface area contributed by atoms with Crippen LogP contribution in [0.2, 0.25) is 0 Å². The highest BCUT2D eigenvalue weighted by atomic mass is 16.5. The van der Waals surface area contributed by atoms with E-state index in [4.69, 9.17) is 19.3 Å². The molecule has 1 saturated carbocycles. The minimum absolute atomic E-state index is 0.0152. The molecule has 1 heterocycles. The molecule has 1 aromatic carbocycles. The summed E-state index contributed by atoms with van der Waals surface area (Å²) < 4.78 is 18.3. The Hall–Kier alpha value is -2.70. The molecule has 0 bridgehead atoms. The number of aryl methyl sites for hydroxylation is 1. The van der Waals surface area contributed by atoms with E-state index in [9.17, 15) is 4.79 Å². The van der Waals surface area contributed by atoms with Gasteiger partial charge in [-0.05, 0) is 49.8 Å². The van der Waals surface area contributed by atoms with E-state index in [-0.39, 0.29) is 11.9 Å². The molecule has 4 rings (SSSR count). The molecule has 0 saturated heterocycles. The third-order valence-corrected chi connectivity index (χ3v) is 6.46. The van der Waals surface area contributed by atoms with Gasteiger partial charge in [-0.2, -0.15) is 5.10 Å². The highest BCUT2D eigenvalue weighted by Gasteiger charge is 2.31. The fraction of sp³-hybridized carbons (Fsp3) is 0.565. The van der Waals surface area contributed by atoms with Gasteiger partial charge >= 0.3 is 0 Å². The summed E-state index contributed by atoms with van der Waals surface area (Å²) in [4.78, 5) is 15.7. The third-order valence-electron chi connectivity index (χ3n) is 6.46. The second kappa shape index (κ2) is 8.58. The smallest absolute Gasteiger partial charge is 0.254 e. The van der Waals surface area contributed by atoms with Crippen LogP contribution in [0.15, 0.2) is 12.1 Å². The molecule has 1 amide bonds. The maximum absolute atomic E-state index is 13.7. The average molecular weight is 414 g/mol. The molecule has 7 nitrogen and oxygen atoms in total. The Morgan fingerprint density at radius 1 is 1.07 bits per heavy atom. The molecule has 0 radical (unpaired) electrons. The second-order valence-electron chi connectivity index (χ2n) is 8.13. The van der Waals surface area contributed by atoms with Gasteiger partial charge < -0.3 is 19.1 Å². The predicted molar refractivity (Wildman–Crippen MR) is 113 cm³/mol. The van der Waals surface area contributed by atoms with E-state index >= 15 is 0 Å². The van der Waals surface area contributed by atoms with Crippen molar-refractivity contribution in [2.24, 2.45) is 7.05 Å². The first-order chi connectivity index (χ1) is 14.6. The van der Waals surface area contributed by atoms with E-state index in [2.05, 4.69) is 0 Å². The fourth-order valence-corrected chi connectivity index (χ4v) is 4.94. The molecule has 30 heavy (non-hydrogen) atoms. The van der Waals surface area contributed by atoms with Crippen molar-refractivity contribution in [1.82, 2.24) is 14.7 Å². The Morgan fingerprint density at radius 3 is 2.33 bits per heavy atom. The van der Waals surface area contributed by atoms with Crippen LogP contribution in [0.1, 0.15) is 59.4 Å². The van der Waals surface area contributed by atoms with E-state index in [0.717, 1.165) is 50.6 Å². The summed E-state index contributed by atoms with van der Waals surface area (Å²) >= 11 is 0. The van der Waals surface area contributed by atoms with Crippen molar-refractivity contribution >= 4 is 5.91 Å². The fourth-order valence-electron chi connectivity index (χ4n) is 4.94. The van der Waals surface area contributed by atoms with Crippen LogP contribution >= 0.6 is 0 Å². The highest BCUT2D eigenvalue weighted by molar-refractivity contribution is 5.96. The molecule has 0 aliphatic heterocycles. The minimum Gasteiger partial charge on any atom is -0.493 e. The normalized spacial score (nSPS) is 15.9. The molecule has 2 aliphatic carbocycles. The van der Waals surface area contributed by atoms with E-state index in [1.54, 1.807) is 33.5 Å². The van der Waals surface area contributed by atoms with Gasteiger partial charge in [-0.25, -0.2) is 0 Å². The molecular weight excluding hydrogens is 382 g/mol. The third kappa shape index (κ3) is 3.61. The standard InChI is InChI=1S/C23H31N3O4/c1-25-19-11-7-10-17(19)18(24-25)14-26(16-8-5-6-9-16)23(27)15-12-20(28-2)22(30-4)21(13-15)29-3/h12-13,16H,5-11,14H2,1-4H3. The lowest BCUT2D eigenvalue weighted by molar-refractivity contribution is 0.0660. The SMILES string of the molecule is COc1cc(C(=O)N(Cc2nn(C)c3c2CCC3)C2CCCC2)cc(OC)c1OC.